The summed E-state index contributed by atoms with van der Waals surface area (Å²) in [6.07, 6.45) is 1.11. The summed E-state index contributed by atoms with van der Waals surface area (Å²) in [6, 6.07) is 0. The van der Waals surface area contributed by atoms with E-state index in [4.69, 9.17) is 5.11 Å². The lowest BCUT2D eigenvalue weighted by molar-refractivity contribution is -0.213. The molecule has 0 saturated carbocycles. The van der Waals surface area contributed by atoms with E-state index in [2.05, 4.69) is 28.4 Å². The average Bonchev–Trinajstić information content (AvgIpc) is 2.19. The quantitative estimate of drug-likeness (QED) is 0.329. The molecule has 0 spiro atoms. The summed E-state index contributed by atoms with van der Waals surface area (Å²) in [4.78, 5) is 27.8. The highest BCUT2D eigenvalue weighted by molar-refractivity contribution is 5.62. The molecule has 0 aliphatic carbocycles. The van der Waals surface area contributed by atoms with E-state index in [9.17, 15) is 9.59 Å². The Balaban J connectivity index is 3.24. The Hall–Kier alpha value is -1.46. The molecule has 0 rings (SSSR count). The van der Waals surface area contributed by atoms with E-state index in [0.717, 1.165) is 25.7 Å². The van der Waals surface area contributed by atoms with Crippen LogP contribution in [0.1, 0.15) is 39.5 Å². The molecule has 0 unspecified atom stereocenters. The lowest BCUT2D eigenvalue weighted by Crippen LogP contribution is -2.11. The smallest absolute Gasteiger partial charge is 0.447 e. The zero-order chi connectivity index (χ0) is 12.4. The van der Waals surface area contributed by atoms with Crippen LogP contribution in [0, 0.1) is 5.92 Å². The van der Waals surface area contributed by atoms with Crippen molar-refractivity contribution in [2.75, 3.05) is 6.61 Å². The van der Waals surface area contributed by atoms with E-state index in [1.165, 1.54) is 0 Å². The third kappa shape index (κ3) is 10.6. The van der Waals surface area contributed by atoms with Gasteiger partial charge in [-0.05, 0) is 12.3 Å². The molecule has 0 aliphatic rings. The van der Waals surface area contributed by atoms with Crippen molar-refractivity contribution < 1.29 is 29.2 Å². The van der Waals surface area contributed by atoms with E-state index in [1.54, 1.807) is 0 Å². The molecule has 16 heavy (non-hydrogen) atoms. The first-order valence-electron chi connectivity index (χ1n) is 5.26. The van der Waals surface area contributed by atoms with Crippen LogP contribution in [0.15, 0.2) is 0 Å². The zero-order valence-electron chi connectivity index (χ0n) is 9.60. The normalized spacial score (nSPS) is 9.94. The molecule has 0 aromatic heterocycles. The SMILES string of the molecule is CC(C)CCCCCOC(=O)OOC(=O)O. The minimum atomic E-state index is -1.69. The summed E-state index contributed by atoms with van der Waals surface area (Å²) in [5.41, 5.74) is 0. The Morgan fingerprint density at radius 1 is 1.12 bits per heavy atom. The number of hydrogen-bond acceptors (Lipinski definition) is 5. The maximum Gasteiger partial charge on any atom is 0.549 e. The number of ether oxygens (including phenoxy) is 1. The Morgan fingerprint density at radius 2 is 1.81 bits per heavy atom. The van der Waals surface area contributed by atoms with Gasteiger partial charge >= 0.3 is 12.3 Å². The first-order valence-corrected chi connectivity index (χ1v) is 5.26. The van der Waals surface area contributed by atoms with Gasteiger partial charge in [-0.1, -0.05) is 33.1 Å². The van der Waals surface area contributed by atoms with Crippen molar-refractivity contribution in [2.45, 2.75) is 39.5 Å². The van der Waals surface area contributed by atoms with Gasteiger partial charge in [0.1, 0.15) is 0 Å². The van der Waals surface area contributed by atoms with Crippen molar-refractivity contribution in [3.05, 3.63) is 0 Å². The van der Waals surface area contributed by atoms with Crippen molar-refractivity contribution in [3.8, 4) is 0 Å². The Morgan fingerprint density at radius 3 is 2.38 bits per heavy atom. The molecule has 6 nitrogen and oxygen atoms in total. The second kappa shape index (κ2) is 8.82. The summed E-state index contributed by atoms with van der Waals surface area (Å²) in [6.45, 7) is 4.51. The van der Waals surface area contributed by atoms with Crippen LogP contribution < -0.4 is 0 Å². The van der Waals surface area contributed by atoms with Crippen LogP contribution in [0.2, 0.25) is 0 Å². The van der Waals surface area contributed by atoms with Crippen molar-refractivity contribution >= 4 is 12.3 Å². The van der Waals surface area contributed by atoms with Gasteiger partial charge in [0.2, 0.25) is 0 Å². The minimum absolute atomic E-state index is 0.208. The highest BCUT2D eigenvalue weighted by Crippen LogP contribution is 2.08. The van der Waals surface area contributed by atoms with Crippen LogP contribution >= 0.6 is 0 Å². The number of rotatable bonds is 6. The molecule has 0 fully saturated rings. The van der Waals surface area contributed by atoms with Gasteiger partial charge in [0.15, 0.2) is 0 Å². The molecule has 0 saturated heterocycles. The van der Waals surface area contributed by atoms with Gasteiger partial charge in [-0.2, -0.15) is 9.68 Å². The molecule has 0 amide bonds. The van der Waals surface area contributed by atoms with Gasteiger partial charge in [0.25, 0.3) is 0 Å². The molecule has 0 radical (unpaired) electrons. The third-order valence-corrected chi connectivity index (χ3v) is 1.83. The van der Waals surface area contributed by atoms with Crippen LogP contribution in [-0.4, -0.2) is 24.0 Å². The standard InChI is InChI=1S/C10H18O6/c1-8(2)6-4-3-5-7-14-10(13)16-15-9(11)12/h8H,3-7H2,1-2H3,(H,11,12). The lowest BCUT2D eigenvalue weighted by atomic mass is 10.1. The van der Waals surface area contributed by atoms with E-state index in [0.29, 0.717) is 5.92 Å². The fraction of sp³-hybridized carbons (Fsp3) is 0.800. The first-order chi connectivity index (χ1) is 7.52. The van der Waals surface area contributed by atoms with Crippen molar-refractivity contribution in [3.63, 3.8) is 0 Å². The number of carbonyl (C=O) groups is 2. The van der Waals surface area contributed by atoms with Crippen LogP contribution in [0.3, 0.4) is 0 Å². The average molecular weight is 234 g/mol. The second-order valence-corrected chi connectivity index (χ2v) is 3.77. The van der Waals surface area contributed by atoms with Gasteiger partial charge < -0.3 is 9.84 Å². The molecule has 0 atom stereocenters. The molecular weight excluding hydrogens is 216 g/mol. The van der Waals surface area contributed by atoms with Crippen LogP contribution in [-0.2, 0) is 14.5 Å². The van der Waals surface area contributed by atoms with Crippen molar-refractivity contribution in [2.24, 2.45) is 5.92 Å². The third-order valence-electron chi connectivity index (χ3n) is 1.83. The zero-order valence-corrected chi connectivity index (χ0v) is 9.60. The van der Waals surface area contributed by atoms with Gasteiger partial charge in [0, 0.05) is 0 Å². The highest BCUT2D eigenvalue weighted by atomic mass is 17.3. The topological polar surface area (TPSA) is 82.1 Å². The summed E-state index contributed by atoms with van der Waals surface area (Å²) in [7, 11) is 0. The van der Waals surface area contributed by atoms with E-state index < -0.39 is 12.3 Å². The molecule has 0 aromatic rings. The summed E-state index contributed by atoms with van der Waals surface area (Å²) >= 11 is 0. The number of carboxylic acid groups (broad SMARTS) is 1. The molecular formula is C10H18O6. The monoisotopic (exact) mass is 234 g/mol. The number of carbonyl (C=O) groups excluding carboxylic acids is 1. The molecule has 1 N–H and O–H groups in total. The number of unbranched alkanes of at least 4 members (excludes halogenated alkanes) is 2. The Labute approximate surface area is 94.4 Å². The summed E-state index contributed by atoms with van der Waals surface area (Å²) < 4.78 is 4.55. The Kier molecular flexibility index (Phi) is 8.01. The maximum absolute atomic E-state index is 10.7. The van der Waals surface area contributed by atoms with Crippen LogP contribution in [0.5, 0.6) is 0 Å². The molecule has 0 bridgehead atoms. The van der Waals surface area contributed by atoms with E-state index in [1.807, 2.05) is 0 Å². The molecule has 94 valence electrons. The van der Waals surface area contributed by atoms with Crippen LogP contribution in [0.4, 0.5) is 9.59 Å². The van der Waals surface area contributed by atoms with E-state index >= 15 is 0 Å². The number of hydrogen-bond donors (Lipinski definition) is 1. The molecule has 0 heterocycles. The van der Waals surface area contributed by atoms with Crippen molar-refractivity contribution in [1.82, 2.24) is 0 Å². The predicted molar refractivity (Wildman–Crippen MR) is 54.8 cm³/mol. The van der Waals surface area contributed by atoms with Crippen molar-refractivity contribution in [1.29, 1.82) is 0 Å². The van der Waals surface area contributed by atoms with Gasteiger partial charge in [-0.15, -0.1) is 0 Å². The molecule has 6 heteroatoms. The van der Waals surface area contributed by atoms with Gasteiger partial charge in [0.05, 0.1) is 6.61 Å². The van der Waals surface area contributed by atoms with Gasteiger partial charge in [-0.25, -0.2) is 9.68 Å². The summed E-state index contributed by atoms with van der Waals surface area (Å²) in [5, 5.41) is 8.00. The molecule has 0 aliphatic heterocycles. The Bertz CT molecular complexity index is 213. The summed E-state index contributed by atoms with van der Waals surface area (Å²) in [5.74, 6) is 0.676. The lowest BCUT2D eigenvalue weighted by Gasteiger charge is -2.04. The van der Waals surface area contributed by atoms with Gasteiger partial charge in [-0.3, -0.25) is 0 Å². The largest absolute Gasteiger partial charge is 0.549 e. The fourth-order valence-electron chi connectivity index (χ4n) is 1.08. The van der Waals surface area contributed by atoms with Crippen LogP contribution in [0.25, 0.3) is 0 Å². The molecule has 0 aromatic carbocycles. The first kappa shape index (κ1) is 14.5. The van der Waals surface area contributed by atoms with E-state index in [-0.39, 0.29) is 6.61 Å². The fourth-order valence-corrected chi connectivity index (χ4v) is 1.08. The second-order valence-electron chi connectivity index (χ2n) is 3.77. The minimum Gasteiger partial charge on any atom is -0.447 e. The predicted octanol–water partition coefficient (Wildman–Crippen LogP) is 2.97. The highest BCUT2D eigenvalue weighted by Gasteiger charge is 2.08. The maximum atomic E-state index is 10.7.